The molecule has 0 radical (unpaired) electrons. The normalized spacial score (nSPS) is 14.7. The number of carbonyl (C=O) groups is 2. The maximum absolute atomic E-state index is 13.3. The molecule has 5 nitrogen and oxygen atoms in total. The minimum absolute atomic E-state index is 0.0345. The molecule has 1 aliphatic rings. The molecule has 0 bridgehead atoms. The first-order valence-electron chi connectivity index (χ1n) is 8.17. The highest BCUT2D eigenvalue weighted by atomic mass is 19.1. The third kappa shape index (κ3) is 4.03. The van der Waals surface area contributed by atoms with E-state index in [-0.39, 0.29) is 24.2 Å². The van der Waals surface area contributed by atoms with Crippen LogP contribution in [0.25, 0.3) is 0 Å². The molecule has 3 rings (SSSR count). The Bertz CT molecular complexity index is 776. The number of rotatable bonds is 4. The van der Waals surface area contributed by atoms with Crippen LogP contribution in [0.5, 0.6) is 0 Å². The molecule has 0 spiro atoms. The van der Waals surface area contributed by atoms with Crippen molar-refractivity contribution >= 4 is 11.8 Å². The highest BCUT2D eigenvalue weighted by Gasteiger charge is 2.27. The van der Waals surface area contributed by atoms with Crippen molar-refractivity contribution in [3.63, 3.8) is 0 Å². The van der Waals surface area contributed by atoms with Crippen molar-refractivity contribution in [2.75, 3.05) is 19.6 Å². The van der Waals surface area contributed by atoms with E-state index in [1.54, 1.807) is 34.1 Å². The predicted molar refractivity (Wildman–Crippen MR) is 92.1 cm³/mol. The molecule has 0 aromatic heterocycles. The van der Waals surface area contributed by atoms with Gasteiger partial charge < -0.3 is 15.5 Å². The van der Waals surface area contributed by atoms with Crippen LogP contribution in [0.2, 0.25) is 0 Å². The van der Waals surface area contributed by atoms with Gasteiger partial charge in [0.25, 0.3) is 5.91 Å². The zero-order chi connectivity index (χ0) is 17.8. The lowest BCUT2D eigenvalue weighted by Gasteiger charge is -2.34. The first kappa shape index (κ1) is 17.1. The SMILES string of the molecule is NCc1ccc(C(=O)N2CCN(Cc3cccc(F)c3)C(=O)C2)cc1. The van der Waals surface area contributed by atoms with Crippen LogP contribution in [0.1, 0.15) is 21.5 Å². The largest absolute Gasteiger partial charge is 0.335 e. The number of amides is 2. The number of carbonyl (C=O) groups excluding carboxylic acids is 2. The molecule has 1 saturated heterocycles. The first-order valence-corrected chi connectivity index (χ1v) is 8.17. The van der Waals surface area contributed by atoms with Gasteiger partial charge in [0.1, 0.15) is 12.4 Å². The van der Waals surface area contributed by atoms with Crippen LogP contribution in [0.3, 0.4) is 0 Å². The molecule has 1 aliphatic heterocycles. The van der Waals surface area contributed by atoms with E-state index in [2.05, 4.69) is 0 Å². The summed E-state index contributed by atoms with van der Waals surface area (Å²) < 4.78 is 13.3. The van der Waals surface area contributed by atoms with Crippen molar-refractivity contribution in [3.8, 4) is 0 Å². The highest BCUT2D eigenvalue weighted by molar-refractivity contribution is 5.97. The monoisotopic (exact) mass is 341 g/mol. The lowest BCUT2D eigenvalue weighted by molar-refractivity contribution is -0.135. The summed E-state index contributed by atoms with van der Waals surface area (Å²) in [6, 6.07) is 13.3. The Balaban J connectivity index is 1.62. The van der Waals surface area contributed by atoms with Gasteiger partial charge in [-0.05, 0) is 35.4 Å². The predicted octanol–water partition coefficient (Wildman–Crippen LogP) is 1.77. The van der Waals surface area contributed by atoms with Gasteiger partial charge in [-0.15, -0.1) is 0 Å². The van der Waals surface area contributed by atoms with Crippen LogP contribution in [0.4, 0.5) is 4.39 Å². The van der Waals surface area contributed by atoms with Crippen molar-refractivity contribution in [3.05, 3.63) is 71.0 Å². The Morgan fingerprint density at radius 2 is 1.84 bits per heavy atom. The fourth-order valence-corrected chi connectivity index (χ4v) is 2.87. The highest BCUT2D eigenvalue weighted by Crippen LogP contribution is 2.14. The summed E-state index contributed by atoms with van der Waals surface area (Å²) in [6.45, 7) is 1.70. The minimum Gasteiger partial charge on any atom is -0.335 e. The average molecular weight is 341 g/mol. The lowest BCUT2D eigenvalue weighted by Crippen LogP contribution is -2.51. The van der Waals surface area contributed by atoms with Crippen LogP contribution in [-0.4, -0.2) is 41.2 Å². The lowest BCUT2D eigenvalue weighted by atomic mass is 10.1. The second-order valence-corrected chi connectivity index (χ2v) is 6.07. The Morgan fingerprint density at radius 3 is 2.48 bits per heavy atom. The van der Waals surface area contributed by atoms with Crippen molar-refractivity contribution in [1.29, 1.82) is 0 Å². The zero-order valence-electron chi connectivity index (χ0n) is 13.8. The third-order valence-corrected chi connectivity index (χ3v) is 4.30. The molecule has 1 heterocycles. The van der Waals surface area contributed by atoms with Gasteiger partial charge in [-0.3, -0.25) is 9.59 Å². The van der Waals surface area contributed by atoms with Gasteiger partial charge in [-0.1, -0.05) is 24.3 Å². The van der Waals surface area contributed by atoms with Gasteiger partial charge >= 0.3 is 0 Å². The summed E-state index contributed by atoms with van der Waals surface area (Å²) in [5.41, 5.74) is 7.79. The quantitative estimate of drug-likeness (QED) is 0.922. The van der Waals surface area contributed by atoms with Crippen molar-refractivity contribution < 1.29 is 14.0 Å². The Kier molecular flexibility index (Phi) is 5.09. The Hall–Kier alpha value is -2.73. The van der Waals surface area contributed by atoms with Gasteiger partial charge in [0.2, 0.25) is 5.91 Å². The summed E-state index contributed by atoms with van der Waals surface area (Å²) in [4.78, 5) is 28.1. The summed E-state index contributed by atoms with van der Waals surface area (Å²) in [6.07, 6.45) is 0. The number of halogens is 1. The van der Waals surface area contributed by atoms with Gasteiger partial charge in [0.05, 0.1) is 0 Å². The standard InChI is InChI=1S/C19H20FN3O2/c20-17-3-1-2-15(10-17)12-22-8-9-23(13-18(22)24)19(25)16-6-4-14(11-21)5-7-16/h1-7,10H,8-9,11-13,21H2. The van der Waals surface area contributed by atoms with Crippen LogP contribution in [-0.2, 0) is 17.9 Å². The number of hydrogen-bond acceptors (Lipinski definition) is 3. The van der Waals surface area contributed by atoms with E-state index in [0.717, 1.165) is 11.1 Å². The average Bonchev–Trinajstić information content (AvgIpc) is 2.63. The Morgan fingerprint density at radius 1 is 1.08 bits per heavy atom. The molecule has 1 fully saturated rings. The maximum atomic E-state index is 13.3. The fourth-order valence-electron chi connectivity index (χ4n) is 2.87. The summed E-state index contributed by atoms with van der Waals surface area (Å²) in [5.74, 6) is -0.621. The summed E-state index contributed by atoms with van der Waals surface area (Å²) in [7, 11) is 0. The van der Waals surface area contributed by atoms with Gasteiger partial charge in [-0.25, -0.2) is 4.39 Å². The zero-order valence-corrected chi connectivity index (χ0v) is 13.8. The number of hydrogen-bond donors (Lipinski definition) is 1. The molecule has 0 saturated carbocycles. The molecule has 0 aliphatic carbocycles. The third-order valence-electron chi connectivity index (χ3n) is 4.30. The molecular formula is C19H20FN3O2. The first-order chi connectivity index (χ1) is 12.1. The summed E-state index contributed by atoms with van der Waals surface area (Å²) in [5, 5.41) is 0. The molecule has 2 N–H and O–H groups in total. The van der Waals surface area contributed by atoms with Crippen LogP contribution < -0.4 is 5.73 Å². The molecule has 2 aromatic rings. The van der Waals surface area contributed by atoms with Crippen molar-refractivity contribution in [2.24, 2.45) is 5.73 Å². The van der Waals surface area contributed by atoms with E-state index in [1.165, 1.54) is 12.1 Å². The second-order valence-electron chi connectivity index (χ2n) is 6.07. The molecule has 130 valence electrons. The van der Waals surface area contributed by atoms with Gasteiger partial charge in [0.15, 0.2) is 0 Å². The minimum atomic E-state index is -0.320. The van der Waals surface area contributed by atoms with Crippen LogP contribution in [0.15, 0.2) is 48.5 Å². The van der Waals surface area contributed by atoms with E-state index in [0.29, 0.717) is 31.7 Å². The Labute approximate surface area is 145 Å². The molecule has 2 aromatic carbocycles. The number of nitrogens with zero attached hydrogens (tertiary/aromatic N) is 2. The summed E-state index contributed by atoms with van der Waals surface area (Å²) >= 11 is 0. The fraction of sp³-hybridized carbons (Fsp3) is 0.263. The van der Waals surface area contributed by atoms with E-state index < -0.39 is 0 Å². The molecule has 0 atom stereocenters. The van der Waals surface area contributed by atoms with Gasteiger partial charge in [0, 0.05) is 31.7 Å². The van der Waals surface area contributed by atoms with E-state index in [9.17, 15) is 14.0 Å². The van der Waals surface area contributed by atoms with E-state index >= 15 is 0 Å². The van der Waals surface area contributed by atoms with Gasteiger partial charge in [-0.2, -0.15) is 0 Å². The van der Waals surface area contributed by atoms with Crippen molar-refractivity contribution in [1.82, 2.24) is 9.80 Å². The molecule has 2 amide bonds. The molecule has 25 heavy (non-hydrogen) atoms. The topological polar surface area (TPSA) is 66.6 Å². The molecular weight excluding hydrogens is 321 g/mol. The number of benzene rings is 2. The van der Waals surface area contributed by atoms with Crippen LogP contribution >= 0.6 is 0 Å². The molecule has 0 unspecified atom stereocenters. The maximum Gasteiger partial charge on any atom is 0.254 e. The van der Waals surface area contributed by atoms with E-state index in [4.69, 9.17) is 5.73 Å². The van der Waals surface area contributed by atoms with Crippen molar-refractivity contribution in [2.45, 2.75) is 13.1 Å². The number of nitrogens with two attached hydrogens (primary N) is 1. The van der Waals surface area contributed by atoms with Crippen LogP contribution in [0, 0.1) is 5.82 Å². The second kappa shape index (κ2) is 7.44. The smallest absolute Gasteiger partial charge is 0.254 e. The molecule has 6 heteroatoms. The number of piperazine rings is 1. The van der Waals surface area contributed by atoms with E-state index in [1.807, 2.05) is 12.1 Å².